The van der Waals surface area contributed by atoms with E-state index in [0.717, 1.165) is 12.8 Å². The first-order valence-corrected chi connectivity index (χ1v) is 5.32. The predicted molar refractivity (Wildman–Crippen MR) is 55.7 cm³/mol. The molecule has 2 N–H and O–H groups in total. The van der Waals surface area contributed by atoms with Gasteiger partial charge < -0.3 is 10.5 Å². The molecule has 0 amide bonds. The molecular formula is C10H11BrFNO. The Bertz CT molecular complexity index is 339. The predicted octanol–water partition coefficient (Wildman–Crippen LogP) is 2.46. The molecule has 0 unspecified atom stereocenters. The monoisotopic (exact) mass is 259 g/mol. The number of halogens is 2. The molecule has 1 aliphatic rings. The first kappa shape index (κ1) is 9.93. The Kier molecular flexibility index (Phi) is 2.74. The SMILES string of the molecule is NC1CC(Oc2ccc(F)cc2Br)C1. The van der Waals surface area contributed by atoms with Crippen molar-refractivity contribution in [3.8, 4) is 5.75 Å². The Labute approximate surface area is 90.4 Å². The summed E-state index contributed by atoms with van der Waals surface area (Å²) >= 11 is 3.25. The van der Waals surface area contributed by atoms with Gasteiger partial charge in [0.25, 0.3) is 0 Å². The molecule has 76 valence electrons. The zero-order valence-electron chi connectivity index (χ0n) is 7.54. The molecule has 0 spiro atoms. The van der Waals surface area contributed by atoms with Crippen molar-refractivity contribution in [3.63, 3.8) is 0 Å². The minimum atomic E-state index is -0.269. The zero-order valence-corrected chi connectivity index (χ0v) is 9.13. The third-order valence-corrected chi connectivity index (χ3v) is 2.94. The van der Waals surface area contributed by atoms with Gasteiger partial charge in [-0.05, 0) is 47.0 Å². The Hall–Kier alpha value is -0.610. The molecule has 2 nitrogen and oxygen atoms in total. The summed E-state index contributed by atoms with van der Waals surface area (Å²) in [5.74, 6) is 0.415. The second-order valence-corrected chi connectivity index (χ2v) is 4.40. The molecule has 0 aromatic heterocycles. The van der Waals surface area contributed by atoms with Gasteiger partial charge in [-0.1, -0.05) is 0 Å². The molecule has 2 rings (SSSR count). The van der Waals surface area contributed by atoms with E-state index in [1.165, 1.54) is 12.1 Å². The van der Waals surface area contributed by atoms with Gasteiger partial charge in [0.05, 0.1) is 4.47 Å². The second-order valence-electron chi connectivity index (χ2n) is 3.55. The molecule has 4 heteroatoms. The third-order valence-electron chi connectivity index (χ3n) is 2.32. The highest BCUT2D eigenvalue weighted by atomic mass is 79.9. The molecule has 0 heterocycles. The number of rotatable bonds is 2. The molecule has 0 saturated heterocycles. The Morgan fingerprint density at radius 2 is 2.14 bits per heavy atom. The third kappa shape index (κ3) is 2.07. The van der Waals surface area contributed by atoms with E-state index >= 15 is 0 Å². The molecule has 1 aliphatic carbocycles. The van der Waals surface area contributed by atoms with Crippen LogP contribution < -0.4 is 10.5 Å². The van der Waals surface area contributed by atoms with Gasteiger partial charge in [-0.25, -0.2) is 4.39 Å². The van der Waals surface area contributed by atoms with Crippen LogP contribution in [0.25, 0.3) is 0 Å². The summed E-state index contributed by atoms with van der Waals surface area (Å²) in [5.41, 5.74) is 5.63. The lowest BCUT2D eigenvalue weighted by molar-refractivity contribution is 0.0999. The van der Waals surface area contributed by atoms with Crippen LogP contribution in [0.4, 0.5) is 4.39 Å². The minimum Gasteiger partial charge on any atom is -0.489 e. The van der Waals surface area contributed by atoms with Gasteiger partial charge in [0.1, 0.15) is 17.7 Å². The summed E-state index contributed by atoms with van der Waals surface area (Å²) in [6.07, 6.45) is 1.94. The Morgan fingerprint density at radius 3 is 2.71 bits per heavy atom. The van der Waals surface area contributed by atoms with E-state index < -0.39 is 0 Å². The first-order valence-electron chi connectivity index (χ1n) is 4.52. The van der Waals surface area contributed by atoms with Gasteiger partial charge in [-0.15, -0.1) is 0 Å². The van der Waals surface area contributed by atoms with Crippen LogP contribution in [0.5, 0.6) is 5.75 Å². The summed E-state index contributed by atoms with van der Waals surface area (Å²) in [4.78, 5) is 0. The van der Waals surface area contributed by atoms with Crippen LogP contribution >= 0.6 is 15.9 Å². The van der Waals surface area contributed by atoms with Crippen LogP contribution in [0, 0.1) is 5.82 Å². The maximum atomic E-state index is 12.7. The average molecular weight is 260 g/mol. The van der Waals surface area contributed by atoms with Crippen LogP contribution in [0.15, 0.2) is 22.7 Å². The van der Waals surface area contributed by atoms with Crippen LogP contribution in [0.2, 0.25) is 0 Å². The van der Waals surface area contributed by atoms with E-state index in [1.807, 2.05) is 0 Å². The van der Waals surface area contributed by atoms with Crippen LogP contribution in [-0.2, 0) is 0 Å². The number of hydrogen-bond donors (Lipinski definition) is 1. The maximum Gasteiger partial charge on any atom is 0.134 e. The second kappa shape index (κ2) is 3.87. The van der Waals surface area contributed by atoms with Crippen molar-refractivity contribution in [2.75, 3.05) is 0 Å². The largest absolute Gasteiger partial charge is 0.489 e. The van der Waals surface area contributed by atoms with Crippen molar-refractivity contribution in [2.24, 2.45) is 5.73 Å². The fraction of sp³-hybridized carbons (Fsp3) is 0.400. The number of nitrogens with two attached hydrogens (primary N) is 1. The highest BCUT2D eigenvalue weighted by molar-refractivity contribution is 9.10. The van der Waals surface area contributed by atoms with E-state index in [-0.39, 0.29) is 18.0 Å². The van der Waals surface area contributed by atoms with Crippen LogP contribution in [0.1, 0.15) is 12.8 Å². The topological polar surface area (TPSA) is 35.2 Å². The molecule has 0 aliphatic heterocycles. The van der Waals surface area contributed by atoms with E-state index in [0.29, 0.717) is 10.2 Å². The summed E-state index contributed by atoms with van der Waals surface area (Å²) in [7, 11) is 0. The average Bonchev–Trinajstić information content (AvgIpc) is 2.06. The van der Waals surface area contributed by atoms with Gasteiger partial charge in [0.2, 0.25) is 0 Å². The van der Waals surface area contributed by atoms with Gasteiger partial charge in [0, 0.05) is 6.04 Å². The quantitative estimate of drug-likeness (QED) is 0.886. The molecule has 0 bridgehead atoms. The van der Waals surface area contributed by atoms with E-state index in [9.17, 15) is 4.39 Å². The molecule has 0 atom stereocenters. The number of ether oxygens (including phenoxy) is 1. The van der Waals surface area contributed by atoms with E-state index in [4.69, 9.17) is 10.5 Å². The van der Waals surface area contributed by atoms with E-state index in [2.05, 4.69) is 15.9 Å². The fourth-order valence-corrected chi connectivity index (χ4v) is 1.90. The van der Waals surface area contributed by atoms with Crippen molar-refractivity contribution in [3.05, 3.63) is 28.5 Å². The number of hydrogen-bond acceptors (Lipinski definition) is 2. The lowest BCUT2D eigenvalue weighted by atomic mass is 9.90. The Morgan fingerprint density at radius 1 is 1.43 bits per heavy atom. The fourth-order valence-electron chi connectivity index (χ4n) is 1.45. The first-order chi connectivity index (χ1) is 6.65. The van der Waals surface area contributed by atoms with Crippen LogP contribution in [-0.4, -0.2) is 12.1 Å². The zero-order chi connectivity index (χ0) is 10.1. The molecule has 0 radical (unpaired) electrons. The van der Waals surface area contributed by atoms with Crippen LogP contribution in [0.3, 0.4) is 0 Å². The van der Waals surface area contributed by atoms with Crippen molar-refractivity contribution >= 4 is 15.9 Å². The van der Waals surface area contributed by atoms with Crippen molar-refractivity contribution in [1.29, 1.82) is 0 Å². The summed E-state index contributed by atoms with van der Waals surface area (Å²) in [6, 6.07) is 4.68. The van der Waals surface area contributed by atoms with Crippen molar-refractivity contribution < 1.29 is 9.13 Å². The standard InChI is InChI=1S/C10H11BrFNO/c11-9-3-6(12)1-2-10(9)14-8-4-7(13)5-8/h1-3,7-8H,4-5,13H2. The van der Waals surface area contributed by atoms with Gasteiger partial charge in [-0.3, -0.25) is 0 Å². The lowest BCUT2D eigenvalue weighted by Crippen LogP contribution is -2.43. The molecule has 1 aromatic carbocycles. The Balaban J connectivity index is 2.02. The van der Waals surface area contributed by atoms with Gasteiger partial charge in [-0.2, -0.15) is 0 Å². The highest BCUT2D eigenvalue weighted by Gasteiger charge is 2.28. The molecule has 14 heavy (non-hydrogen) atoms. The van der Waals surface area contributed by atoms with Gasteiger partial charge in [0.15, 0.2) is 0 Å². The summed E-state index contributed by atoms with van der Waals surface area (Å²) < 4.78 is 19.0. The van der Waals surface area contributed by atoms with E-state index in [1.54, 1.807) is 6.07 Å². The van der Waals surface area contributed by atoms with Crippen molar-refractivity contribution in [2.45, 2.75) is 25.0 Å². The molecule has 1 saturated carbocycles. The van der Waals surface area contributed by atoms with Gasteiger partial charge >= 0.3 is 0 Å². The maximum absolute atomic E-state index is 12.7. The normalized spacial score (nSPS) is 25.6. The smallest absolute Gasteiger partial charge is 0.134 e. The highest BCUT2D eigenvalue weighted by Crippen LogP contribution is 2.30. The molecule has 1 aromatic rings. The minimum absolute atomic E-state index is 0.187. The summed E-state index contributed by atoms with van der Waals surface area (Å²) in [5, 5.41) is 0. The lowest BCUT2D eigenvalue weighted by Gasteiger charge is -2.32. The van der Waals surface area contributed by atoms with Crippen molar-refractivity contribution in [1.82, 2.24) is 0 Å². The molecule has 1 fully saturated rings. The number of benzene rings is 1. The summed E-state index contributed by atoms with van der Waals surface area (Å²) in [6.45, 7) is 0. The molecular weight excluding hydrogens is 249 g/mol.